The SMILES string of the molecule is CC1COCCN(Cc2cc3c(c(C(F)(F)F)c2)CN(c2ccccc2)C3=O)C1. The number of halogens is 3. The minimum absolute atomic E-state index is 0.0580. The number of para-hydroxylation sites is 1. The van der Waals surface area contributed by atoms with Crippen molar-refractivity contribution < 1.29 is 22.7 Å². The number of benzene rings is 2. The minimum Gasteiger partial charge on any atom is -0.380 e. The van der Waals surface area contributed by atoms with E-state index < -0.39 is 11.7 Å². The molecule has 4 rings (SSSR count). The number of hydrogen-bond donors (Lipinski definition) is 0. The first-order chi connectivity index (χ1) is 13.8. The molecule has 0 bridgehead atoms. The summed E-state index contributed by atoms with van der Waals surface area (Å²) in [4.78, 5) is 16.5. The molecule has 1 fully saturated rings. The minimum atomic E-state index is -4.51. The van der Waals surface area contributed by atoms with Gasteiger partial charge in [-0.05, 0) is 41.3 Å². The predicted molar refractivity (Wildman–Crippen MR) is 104 cm³/mol. The molecular weight excluding hydrogens is 381 g/mol. The smallest absolute Gasteiger partial charge is 0.380 e. The Kier molecular flexibility index (Phi) is 5.36. The lowest BCUT2D eigenvalue weighted by molar-refractivity contribution is -0.138. The summed E-state index contributed by atoms with van der Waals surface area (Å²) in [7, 11) is 0. The fourth-order valence-corrected chi connectivity index (χ4v) is 4.09. The molecule has 2 aliphatic heterocycles. The number of fused-ring (bicyclic) bond motifs is 1. The van der Waals surface area contributed by atoms with E-state index in [0.717, 1.165) is 6.54 Å². The number of hydrogen-bond acceptors (Lipinski definition) is 3. The molecule has 1 amide bonds. The number of amides is 1. The van der Waals surface area contributed by atoms with E-state index in [-0.39, 0.29) is 23.6 Å². The van der Waals surface area contributed by atoms with Crippen molar-refractivity contribution in [2.24, 2.45) is 5.92 Å². The third-order valence-corrected chi connectivity index (χ3v) is 5.41. The molecule has 0 saturated carbocycles. The van der Waals surface area contributed by atoms with Crippen molar-refractivity contribution in [3.05, 3.63) is 64.7 Å². The molecule has 1 saturated heterocycles. The number of ether oxygens (including phenoxy) is 1. The highest BCUT2D eigenvalue weighted by atomic mass is 19.4. The number of carbonyl (C=O) groups is 1. The van der Waals surface area contributed by atoms with Crippen LogP contribution in [0.2, 0.25) is 0 Å². The number of anilines is 1. The standard InChI is InChI=1S/C22H23F3N2O2/c1-15-11-26(7-8-29-14-15)12-16-9-18-19(20(10-16)22(23,24)25)13-27(21(18)28)17-5-3-2-4-6-17/h2-6,9-10,15H,7-8,11-14H2,1H3. The summed E-state index contributed by atoms with van der Waals surface area (Å²) in [6.07, 6.45) is -4.51. The Bertz CT molecular complexity index is 899. The molecule has 0 radical (unpaired) electrons. The van der Waals surface area contributed by atoms with E-state index in [1.54, 1.807) is 30.3 Å². The Morgan fingerprint density at radius 1 is 1.17 bits per heavy atom. The van der Waals surface area contributed by atoms with Crippen molar-refractivity contribution >= 4 is 11.6 Å². The van der Waals surface area contributed by atoms with Crippen LogP contribution in [-0.2, 0) is 24.0 Å². The van der Waals surface area contributed by atoms with Gasteiger partial charge in [0.1, 0.15) is 0 Å². The van der Waals surface area contributed by atoms with Crippen LogP contribution in [0.4, 0.5) is 18.9 Å². The quantitative estimate of drug-likeness (QED) is 0.763. The number of carbonyl (C=O) groups excluding carboxylic acids is 1. The van der Waals surface area contributed by atoms with E-state index in [4.69, 9.17) is 4.74 Å². The van der Waals surface area contributed by atoms with Crippen LogP contribution >= 0.6 is 0 Å². The van der Waals surface area contributed by atoms with Gasteiger partial charge in [0.2, 0.25) is 0 Å². The molecule has 0 spiro atoms. The molecular formula is C22H23F3N2O2. The molecule has 4 nitrogen and oxygen atoms in total. The van der Waals surface area contributed by atoms with Crippen molar-refractivity contribution in [3.8, 4) is 0 Å². The van der Waals surface area contributed by atoms with Crippen LogP contribution in [0.5, 0.6) is 0 Å². The zero-order chi connectivity index (χ0) is 20.6. The largest absolute Gasteiger partial charge is 0.416 e. The molecule has 0 N–H and O–H groups in total. The van der Waals surface area contributed by atoms with Gasteiger partial charge in [-0.25, -0.2) is 0 Å². The van der Waals surface area contributed by atoms with Crippen molar-refractivity contribution in [1.29, 1.82) is 0 Å². The van der Waals surface area contributed by atoms with Gasteiger partial charge in [-0.1, -0.05) is 25.1 Å². The van der Waals surface area contributed by atoms with Crippen LogP contribution in [0.1, 0.15) is 34.0 Å². The van der Waals surface area contributed by atoms with E-state index in [9.17, 15) is 18.0 Å². The van der Waals surface area contributed by atoms with Crippen molar-refractivity contribution in [2.75, 3.05) is 31.2 Å². The maximum Gasteiger partial charge on any atom is 0.416 e. The van der Waals surface area contributed by atoms with Crippen molar-refractivity contribution in [2.45, 2.75) is 26.2 Å². The molecule has 1 unspecified atom stereocenters. The number of rotatable bonds is 3. The fraction of sp³-hybridized carbons (Fsp3) is 0.409. The summed E-state index contributed by atoms with van der Waals surface area (Å²) in [5, 5.41) is 0. The van der Waals surface area contributed by atoms with Gasteiger partial charge >= 0.3 is 6.18 Å². The van der Waals surface area contributed by atoms with E-state index in [2.05, 4.69) is 11.8 Å². The highest BCUT2D eigenvalue weighted by molar-refractivity contribution is 6.10. The maximum absolute atomic E-state index is 13.8. The second kappa shape index (κ2) is 7.80. The van der Waals surface area contributed by atoms with Crippen LogP contribution in [0, 0.1) is 5.92 Å². The Morgan fingerprint density at radius 2 is 1.93 bits per heavy atom. The molecule has 1 atom stereocenters. The first kappa shape index (κ1) is 19.9. The van der Waals surface area contributed by atoms with E-state index in [1.807, 2.05) is 6.07 Å². The lowest BCUT2D eigenvalue weighted by atomic mass is 9.98. The van der Waals surface area contributed by atoms with Crippen LogP contribution < -0.4 is 4.90 Å². The zero-order valence-corrected chi connectivity index (χ0v) is 16.2. The van der Waals surface area contributed by atoms with Crippen LogP contribution in [0.15, 0.2) is 42.5 Å². The summed E-state index contributed by atoms with van der Waals surface area (Å²) >= 11 is 0. The third-order valence-electron chi connectivity index (χ3n) is 5.41. The normalized spacial score (nSPS) is 20.6. The Hall–Kier alpha value is -2.38. The van der Waals surface area contributed by atoms with Gasteiger partial charge in [0.15, 0.2) is 0 Å². The molecule has 2 aromatic rings. The molecule has 7 heteroatoms. The van der Waals surface area contributed by atoms with Crippen LogP contribution in [0.25, 0.3) is 0 Å². The van der Waals surface area contributed by atoms with Gasteiger partial charge in [0, 0.05) is 30.9 Å². The average molecular weight is 404 g/mol. The Morgan fingerprint density at radius 3 is 2.66 bits per heavy atom. The lowest BCUT2D eigenvalue weighted by Crippen LogP contribution is -2.29. The first-order valence-corrected chi connectivity index (χ1v) is 9.73. The number of nitrogens with zero attached hydrogens (tertiary/aromatic N) is 2. The van der Waals surface area contributed by atoms with Crippen LogP contribution in [0.3, 0.4) is 0 Å². The number of alkyl halides is 3. The monoisotopic (exact) mass is 404 g/mol. The predicted octanol–water partition coefficient (Wildman–Crippen LogP) is 4.33. The molecule has 29 heavy (non-hydrogen) atoms. The van der Waals surface area contributed by atoms with Gasteiger partial charge in [0.25, 0.3) is 5.91 Å². The molecule has 0 aliphatic carbocycles. The van der Waals surface area contributed by atoms with Gasteiger partial charge in [0.05, 0.1) is 25.3 Å². The first-order valence-electron chi connectivity index (χ1n) is 9.73. The summed E-state index contributed by atoms with van der Waals surface area (Å²) in [5.41, 5.74) is 0.603. The van der Waals surface area contributed by atoms with Gasteiger partial charge in [-0.15, -0.1) is 0 Å². The van der Waals surface area contributed by atoms with Crippen molar-refractivity contribution in [3.63, 3.8) is 0 Å². The van der Waals surface area contributed by atoms with E-state index in [0.29, 0.717) is 43.5 Å². The van der Waals surface area contributed by atoms with E-state index in [1.165, 1.54) is 11.0 Å². The van der Waals surface area contributed by atoms with E-state index >= 15 is 0 Å². The second-order valence-electron chi connectivity index (χ2n) is 7.81. The third kappa shape index (κ3) is 4.16. The lowest BCUT2D eigenvalue weighted by Gasteiger charge is -2.22. The molecule has 2 aliphatic rings. The molecule has 2 aromatic carbocycles. The zero-order valence-electron chi connectivity index (χ0n) is 16.2. The van der Waals surface area contributed by atoms with Gasteiger partial charge in [-0.3, -0.25) is 9.69 Å². The van der Waals surface area contributed by atoms with Crippen molar-refractivity contribution in [1.82, 2.24) is 4.90 Å². The Balaban J connectivity index is 1.69. The molecule has 2 heterocycles. The Labute approximate surface area is 167 Å². The summed E-state index contributed by atoms with van der Waals surface area (Å²) < 4.78 is 47.0. The molecule has 154 valence electrons. The second-order valence-corrected chi connectivity index (χ2v) is 7.81. The van der Waals surface area contributed by atoms with Crippen LogP contribution in [-0.4, -0.2) is 37.1 Å². The van der Waals surface area contributed by atoms with Gasteiger partial charge < -0.3 is 9.64 Å². The average Bonchev–Trinajstić information content (AvgIpc) is 2.86. The topological polar surface area (TPSA) is 32.8 Å². The summed E-state index contributed by atoms with van der Waals surface area (Å²) in [6, 6.07) is 11.6. The van der Waals surface area contributed by atoms with Gasteiger partial charge in [-0.2, -0.15) is 13.2 Å². The summed E-state index contributed by atoms with van der Waals surface area (Å²) in [5.74, 6) is -0.0738. The highest BCUT2D eigenvalue weighted by Gasteiger charge is 2.40. The maximum atomic E-state index is 13.8. The molecule has 0 aromatic heterocycles. The highest BCUT2D eigenvalue weighted by Crippen LogP contribution is 2.39. The summed E-state index contributed by atoms with van der Waals surface area (Å²) in [6.45, 7) is 4.98. The fourth-order valence-electron chi connectivity index (χ4n) is 4.09.